The van der Waals surface area contributed by atoms with E-state index in [9.17, 15) is 13.6 Å². The number of carbonyl (C=O) groups excluding carboxylic acids is 1. The molecule has 0 heterocycles. The number of halogens is 3. The van der Waals surface area contributed by atoms with Crippen LogP contribution in [-0.4, -0.2) is 18.5 Å². The van der Waals surface area contributed by atoms with Gasteiger partial charge < -0.3 is 11.1 Å². The van der Waals surface area contributed by atoms with E-state index >= 15 is 0 Å². The lowest BCUT2D eigenvalue weighted by molar-refractivity contribution is 0.0949. The van der Waals surface area contributed by atoms with Gasteiger partial charge in [0.25, 0.3) is 5.91 Å². The summed E-state index contributed by atoms with van der Waals surface area (Å²) in [6.45, 7) is 0.360. The van der Waals surface area contributed by atoms with E-state index in [0.717, 1.165) is 25.0 Å². The molecule has 6 heteroatoms. The quantitative estimate of drug-likeness (QED) is 0.633. The summed E-state index contributed by atoms with van der Waals surface area (Å²) in [7, 11) is 0. The van der Waals surface area contributed by atoms with Crippen molar-refractivity contribution in [2.24, 2.45) is 11.7 Å². The summed E-state index contributed by atoms with van der Waals surface area (Å²) < 4.78 is 26.4. The zero-order valence-corrected chi connectivity index (χ0v) is 11.7. The molecule has 3 nitrogen and oxygen atoms in total. The first kappa shape index (κ1) is 13.7. The molecule has 1 saturated carbocycles. The fourth-order valence-electron chi connectivity index (χ4n) is 1.69. The zero-order valence-electron chi connectivity index (χ0n) is 9.55. The first-order valence-corrected chi connectivity index (χ1v) is 6.75. The van der Waals surface area contributed by atoms with Gasteiger partial charge in [0.05, 0.1) is 5.56 Å². The molecule has 18 heavy (non-hydrogen) atoms. The Labute approximate surface area is 117 Å². The number of rotatable bonds is 4. The molecule has 1 atom stereocenters. The maximum atomic E-state index is 13.1. The Kier molecular flexibility index (Phi) is 4.16. The molecule has 98 valence electrons. The molecule has 2 rings (SSSR count). The van der Waals surface area contributed by atoms with Crippen molar-refractivity contribution in [3.63, 3.8) is 0 Å². The van der Waals surface area contributed by atoms with Crippen LogP contribution in [0.15, 0.2) is 12.1 Å². The summed E-state index contributed by atoms with van der Waals surface area (Å²) in [5.41, 5.74) is 5.98. The number of nitrogens with one attached hydrogen (secondary N) is 1. The summed E-state index contributed by atoms with van der Waals surface area (Å²) in [4.78, 5) is 11.8. The fraction of sp³-hybridized carbons (Fsp3) is 0.417. The lowest BCUT2D eigenvalue weighted by atomic mass is 10.1. The summed E-state index contributed by atoms with van der Waals surface area (Å²) in [5.74, 6) is -1.92. The third-order valence-electron chi connectivity index (χ3n) is 2.98. The Morgan fingerprint density at radius 2 is 2.06 bits per heavy atom. The summed E-state index contributed by atoms with van der Waals surface area (Å²) in [5, 5.41) is 2.65. The second-order valence-electron chi connectivity index (χ2n) is 4.46. The van der Waals surface area contributed by atoms with Gasteiger partial charge in [-0.3, -0.25) is 4.79 Å². The number of amides is 1. The van der Waals surface area contributed by atoms with Crippen molar-refractivity contribution in [2.45, 2.75) is 18.9 Å². The highest BCUT2D eigenvalue weighted by Gasteiger charge is 2.28. The topological polar surface area (TPSA) is 55.1 Å². The molecule has 1 aliphatic rings. The van der Waals surface area contributed by atoms with Crippen molar-refractivity contribution < 1.29 is 13.6 Å². The SMILES string of the molecule is NC(CNC(=O)c1cc(F)c(F)cc1I)C1CC1. The molecule has 1 unspecified atom stereocenters. The third kappa shape index (κ3) is 3.17. The average molecular weight is 366 g/mol. The molecule has 0 saturated heterocycles. The first-order chi connectivity index (χ1) is 8.49. The van der Waals surface area contributed by atoms with Gasteiger partial charge in [0.1, 0.15) is 0 Å². The summed E-state index contributed by atoms with van der Waals surface area (Å²) in [6.07, 6.45) is 2.19. The normalized spacial score (nSPS) is 16.4. The van der Waals surface area contributed by atoms with Crippen molar-refractivity contribution >= 4 is 28.5 Å². The minimum Gasteiger partial charge on any atom is -0.350 e. The van der Waals surface area contributed by atoms with Gasteiger partial charge in [-0.1, -0.05) is 0 Å². The minimum atomic E-state index is -1.02. The molecule has 0 aromatic heterocycles. The lowest BCUT2D eigenvalue weighted by Crippen LogP contribution is -2.38. The van der Waals surface area contributed by atoms with E-state index in [-0.39, 0.29) is 11.6 Å². The number of nitrogens with two attached hydrogens (primary N) is 1. The fourth-order valence-corrected chi connectivity index (χ4v) is 2.37. The molecular weight excluding hydrogens is 353 g/mol. The van der Waals surface area contributed by atoms with E-state index in [0.29, 0.717) is 16.0 Å². The molecule has 1 fully saturated rings. The molecule has 0 bridgehead atoms. The molecule has 0 spiro atoms. The average Bonchev–Trinajstić information content (AvgIpc) is 3.14. The Balaban J connectivity index is 2.01. The molecule has 1 aliphatic carbocycles. The van der Waals surface area contributed by atoms with E-state index in [1.807, 2.05) is 0 Å². The van der Waals surface area contributed by atoms with Crippen molar-refractivity contribution in [3.05, 3.63) is 32.9 Å². The van der Waals surface area contributed by atoms with Gasteiger partial charge in [-0.15, -0.1) is 0 Å². The van der Waals surface area contributed by atoms with Crippen molar-refractivity contribution in [1.29, 1.82) is 0 Å². The van der Waals surface area contributed by atoms with Crippen molar-refractivity contribution in [1.82, 2.24) is 5.32 Å². The zero-order chi connectivity index (χ0) is 13.3. The van der Waals surface area contributed by atoms with Crippen LogP contribution in [0.2, 0.25) is 0 Å². The van der Waals surface area contributed by atoms with E-state index in [2.05, 4.69) is 5.32 Å². The largest absolute Gasteiger partial charge is 0.350 e. The monoisotopic (exact) mass is 366 g/mol. The Morgan fingerprint density at radius 3 is 2.67 bits per heavy atom. The van der Waals surface area contributed by atoms with Gasteiger partial charge in [0.15, 0.2) is 11.6 Å². The van der Waals surface area contributed by atoms with Gasteiger partial charge in [0, 0.05) is 16.2 Å². The highest BCUT2D eigenvalue weighted by atomic mass is 127. The minimum absolute atomic E-state index is 0.0584. The second-order valence-corrected chi connectivity index (χ2v) is 5.62. The maximum Gasteiger partial charge on any atom is 0.252 e. The molecule has 3 N–H and O–H groups in total. The maximum absolute atomic E-state index is 13.1. The van der Waals surface area contributed by atoms with Gasteiger partial charge in [-0.25, -0.2) is 8.78 Å². The highest BCUT2D eigenvalue weighted by molar-refractivity contribution is 14.1. The summed E-state index contributed by atoms with van der Waals surface area (Å²) in [6, 6.07) is 1.86. The van der Waals surface area contributed by atoms with Crippen LogP contribution in [0.1, 0.15) is 23.2 Å². The van der Waals surface area contributed by atoms with Crippen LogP contribution >= 0.6 is 22.6 Å². The van der Waals surface area contributed by atoms with Gasteiger partial charge in [-0.2, -0.15) is 0 Å². The van der Waals surface area contributed by atoms with Crippen LogP contribution in [0, 0.1) is 21.1 Å². The van der Waals surface area contributed by atoms with Crippen LogP contribution in [0.25, 0.3) is 0 Å². The molecule has 1 amide bonds. The standard InChI is InChI=1S/C12H13F2IN2O/c13-8-3-7(10(15)4-9(8)14)12(18)17-5-11(16)6-1-2-6/h3-4,6,11H,1-2,5,16H2,(H,17,18). The number of hydrogen-bond donors (Lipinski definition) is 2. The van der Waals surface area contributed by atoms with E-state index < -0.39 is 17.5 Å². The second kappa shape index (κ2) is 5.48. The number of carbonyl (C=O) groups is 1. The molecule has 1 aromatic carbocycles. The van der Waals surface area contributed by atoms with E-state index in [1.54, 1.807) is 22.6 Å². The van der Waals surface area contributed by atoms with E-state index in [1.165, 1.54) is 0 Å². The van der Waals surface area contributed by atoms with Gasteiger partial charge in [0.2, 0.25) is 0 Å². The van der Waals surface area contributed by atoms with Crippen LogP contribution < -0.4 is 11.1 Å². The lowest BCUT2D eigenvalue weighted by Gasteiger charge is -2.12. The predicted molar refractivity (Wildman–Crippen MR) is 72.1 cm³/mol. The Morgan fingerprint density at radius 1 is 1.44 bits per heavy atom. The van der Waals surface area contributed by atoms with Gasteiger partial charge >= 0.3 is 0 Å². The van der Waals surface area contributed by atoms with Crippen molar-refractivity contribution in [3.8, 4) is 0 Å². The number of hydrogen-bond acceptors (Lipinski definition) is 2. The number of benzene rings is 1. The Bertz CT molecular complexity index is 477. The highest BCUT2D eigenvalue weighted by Crippen LogP contribution is 2.31. The van der Waals surface area contributed by atoms with E-state index in [4.69, 9.17) is 5.73 Å². The van der Waals surface area contributed by atoms with Crippen LogP contribution in [0.5, 0.6) is 0 Å². The molecule has 1 aromatic rings. The van der Waals surface area contributed by atoms with Gasteiger partial charge in [-0.05, 0) is 53.5 Å². The molecule has 0 radical (unpaired) electrons. The predicted octanol–water partition coefficient (Wildman–Crippen LogP) is 2.04. The smallest absolute Gasteiger partial charge is 0.252 e. The Hall–Kier alpha value is -0.760. The third-order valence-corrected chi connectivity index (χ3v) is 3.87. The van der Waals surface area contributed by atoms with Crippen molar-refractivity contribution in [2.75, 3.05) is 6.54 Å². The van der Waals surface area contributed by atoms with Crippen LogP contribution in [0.3, 0.4) is 0 Å². The van der Waals surface area contributed by atoms with Crippen LogP contribution in [-0.2, 0) is 0 Å². The summed E-state index contributed by atoms with van der Waals surface area (Å²) >= 11 is 1.80. The first-order valence-electron chi connectivity index (χ1n) is 5.67. The van der Waals surface area contributed by atoms with Crippen LogP contribution in [0.4, 0.5) is 8.78 Å². The molecular formula is C12H13F2IN2O. The molecule has 0 aliphatic heterocycles.